The summed E-state index contributed by atoms with van der Waals surface area (Å²) in [5.41, 5.74) is 3.38. The predicted molar refractivity (Wildman–Crippen MR) is 110 cm³/mol. The Kier molecular flexibility index (Phi) is 6.72. The van der Waals surface area contributed by atoms with Crippen LogP contribution in [0.3, 0.4) is 0 Å². The van der Waals surface area contributed by atoms with E-state index in [1.54, 1.807) is 12.1 Å². The molecular weight excluding hydrogens is 386 g/mol. The smallest absolute Gasteiger partial charge is 0.337 e. The van der Waals surface area contributed by atoms with Crippen LogP contribution in [0.1, 0.15) is 40.2 Å². The number of hydrogen-bond donors (Lipinski definition) is 0. The molecule has 2 aromatic rings. The number of rotatable bonds is 8. The maximum absolute atomic E-state index is 12.6. The molecule has 0 fully saturated rings. The second kappa shape index (κ2) is 9.43. The minimum Gasteiger partial charge on any atom is -0.488 e. The van der Waals surface area contributed by atoms with Crippen molar-refractivity contribution in [3.8, 4) is 5.75 Å². The first-order valence-corrected chi connectivity index (χ1v) is 9.77. The Morgan fingerprint density at radius 2 is 1.93 bits per heavy atom. The van der Waals surface area contributed by atoms with Crippen molar-refractivity contribution in [1.29, 1.82) is 0 Å². The number of Topliss-reactive ketones (excluding diaryl/α,β-unsaturated/α-hetero) is 1. The molecule has 1 aliphatic rings. The van der Waals surface area contributed by atoms with Gasteiger partial charge in [0, 0.05) is 35.5 Å². The monoisotopic (exact) mass is 411 g/mol. The fraction of sp³-hybridized carbons (Fsp3) is 0.348. The standard InChI is InChI=1S/C23H25NO6/c1-15-11-19(16(2)24(15)10-6-9-22(26)28-3)20(25)14-30-23(27)18-12-17-7-4-5-8-21(17)29-13-18/h4-5,7-8,11-12H,6,9-10,13-14H2,1-3H3. The van der Waals surface area contributed by atoms with Crippen molar-refractivity contribution < 1.29 is 28.6 Å². The summed E-state index contributed by atoms with van der Waals surface area (Å²) in [6, 6.07) is 9.18. The molecule has 0 amide bonds. The van der Waals surface area contributed by atoms with Gasteiger partial charge in [-0.2, -0.15) is 0 Å². The maximum atomic E-state index is 12.6. The van der Waals surface area contributed by atoms with E-state index >= 15 is 0 Å². The number of benzene rings is 1. The lowest BCUT2D eigenvalue weighted by molar-refractivity contribution is -0.141. The zero-order valence-electron chi connectivity index (χ0n) is 17.4. The summed E-state index contributed by atoms with van der Waals surface area (Å²) < 4.78 is 17.4. The summed E-state index contributed by atoms with van der Waals surface area (Å²) in [7, 11) is 1.36. The van der Waals surface area contributed by atoms with Gasteiger partial charge in [0.1, 0.15) is 12.4 Å². The molecule has 0 radical (unpaired) electrons. The van der Waals surface area contributed by atoms with Crippen molar-refractivity contribution in [3.63, 3.8) is 0 Å². The molecule has 0 bridgehead atoms. The number of aromatic nitrogens is 1. The Morgan fingerprint density at radius 1 is 1.17 bits per heavy atom. The predicted octanol–water partition coefficient (Wildman–Crippen LogP) is 3.26. The Bertz CT molecular complexity index is 1000. The number of ketones is 1. The number of carbonyl (C=O) groups excluding carboxylic acids is 3. The average Bonchev–Trinajstić information content (AvgIpc) is 3.05. The van der Waals surface area contributed by atoms with E-state index in [4.69, 9.17) is 9.47 Å². The largest absolute Gasteiger partial charge is 0.488 e. The van der Waals surface area contributed by atoms with Gasteiger partial charge in [-0.25, -0.2) is 4.79 Å². The zero-order valence-corrected chi connectivity index (χ0v) is 17.4. The van der Waals surface area contributed by atoms with E-state index < -0.39 is 5.97 Å². The summed E-state index contributed by atoms with van der Waals surface area (Å²) in [6.45, 7) is 4.11. The van der Waals surface area contributed by atoms with Gasteiger partial charge in [0.15, 0.2) is 6.61 Å². The van der Waals surface area contributed by atoms with Crippen molar-refractivity contribution in [1.82, 2.24) is 4.57 Å². The topological polar surface area (TPSA) is 83.8 Å². The number of ether oxygens (including phenoxy) is 3. The van der Waals surface area contributed by atoms with E-state index in [1.807, 2.05) is 42.7 Å². The maximum Gasteiger partial charge on any atom is 0.337 e. The molecule has 1 aromatic carbocycles. The molecule has 0 saturated heterocycles. The molecular formula is C23H25NO6. The van der Waals surface area contributed by atoms with Gasteiger partial charge in [0.2, 0.25) is 5.78 Å². The highest BCUT2D eigenvalue weighted by Gasteiger charge is 2.21. The minimum absolute atomic E-state index is 0.110. The fourth-order valence-electron chi connectivity index (χ4n) is 3.45. The van der Waals surface area contributed by atoms with Crippen LogP contribution in [0.15, 0.2) is 35.9 Å². The molecule has 0 N–H and O–H groups in total. The zero-order chi connectivity index (χ0) is 21.7. The van der Waals surface area contributed by atoms with Crippen LogP contribution in [-0.2, 0) is 25.6 Å². The molecule has 0 atom stereocenters. The molecule has 0 unspecified atom stereocenters. The van der Waals surface area contributed by atoms with Crippen molar-refractivity contribution in [2.75, 3.05) is 20.3 Å². The summed E-state index contributed by atoms with van der Waals surface area (Å²) >= 11 is 0. The van der Waals surface area contributed by atoms with Gasteiger partial charge in [-0.05, 0) is 38.5 Å². The first-order valence-electron chi connectivity index (χ1n) is 9.77. The van der Waals surface area contributed by atoms with Crippen LogP contribution in [0.2, 0.25) is 0 Å². The molecule has 0 aliphatic carbocycles. The minimum atomic E-state index is -0.565. The molecule has 0 spiro atoms. The van der Waals surface area contributed by atoms with Gasteiger partial charge in [0.05, 0.1) is 12.7 Å². The van der Waals surface area contributed by atoms with E-state index in [0.717, 1.165) is 17.0 Å². The second-order valence-electron chi connectivity index (χ2n) is 7.11. The molecule has 1 aliphatic heterocycles. The van der Waals surface area contributed by atoms with Crippen LogP contribution in [0.25, 0.3) is 6.08 Å². The van der Waals surface area contributed by atoms with Gasteiger partial charge in [0.25, 0.3) is 0 Å². The summed E-state index contributed by atoms with van der Waals surface area (Å²) in [5, 5.41) is 0. The molecule has 30 heavy (non-hydrogen) atoms. The normalized spacial score (nSPS) is 12.4. The molecule has 7 nitrogen and oxygen atoms in total. The van der Waals surface area contributed by atoms with Crippen LogP contribution in [-0.4, -0.2) is 42.6 Å². The average molecular weight is 411 g/mol. The lowest BCUT2D eigenvalue weighted by atomic mass is 10.1. The third-order valence-corrected chi connectivity index (χ3v) is 5.09. The summed E-state index contributed by atoms with van der Waals surface area (Å²) in [4.78, 5) is 36.3. The number of esters is 2. The van der Waals surface area contributed by atoms with Gasteiger partial charge in [-0.15, -0.1) is 0 Å². The van der Waals surface area contributed by atoms with E-state index in [9.17, 15) is 14.4 Å². The quantitative estimate of drug-likeness (QED) is 0.490. The van der Waals surface area contributed by atoms with Crippen LogP contribution >= 0.6 is 0 Å². The van der Waals surface area contributed by atoms with Gasteiger partial charge >= 0.3 is 11.9 Å². The van der Waals surface area contributed by atoms with Gasteiger partial charge < -0.3 is 18.8 Å². The highest BCUT2D eigenvalue weighted by atomic mass is 16.5. The lowest BCUT2D eigenvalue weighted by Gasteiger charge is -2.16. The Hall–Kier alpha value is -3.35. The van der Waals surface area contributed by atoms with Crippen LogP contribution in [0.5, 0.6) is 5.75 Å². The molecule has 3 rings (SSSR count). The van der Waals surface area contributed by atoms with Crippen molar-refractivity contribution >= 4 is 23.8 Å². The fourth-order valence-corrected chi connectivity index (χ4v) is 3.45. The number of carbonyl (C=O) groups is 3. The number of methoxy groups -OCH3 is 1. The van der Waals surface area contributed by atoms with Crippen LogP contribution in [0.4, 0.5) is 0 Å². The third-order valence-electron chi connectivity index (χ3n) is 5.09. The van der Waals surface area contributed by atoms with Gasteiger partial charge in [-0.3, -0.25) is 9.59 Å². The highest BCUT2D eigenvalue weighted by Crippen LogP contribution is 2.26. The van der Waals surface area contributed by atoms with Crippen LogP contribution in [0, 0.1) is 13.8 Å². The number of aryl methyl sites for hydroxylation is 1. The van der Waals surface area contributed by atoms with Gasteiger partial charge in [-0.1, -0.05) is 18.2 Å². The van der Waals surface area contributed by atoms with Crippen molar-refractivity contribution in [3.05, 3.63) is 58.4 Å². The summed E-state index contributed by atoms with van der Waals surface area (Å²) in [5.74, 6) is -0.382. The molecule has 0 saturated carbocycles. The molecule has 7 heteroatoms. The molecule has 158 valence electrons. The van der Waals surface area contributed by atoms with Crippen molar-refractivity contribution in [2.24, 2.45) is 0 Å². The SMILES string of the molecule is COC(=O)CCCn1c(C)cc(C(=O)COC(=O)C2=Cc3ccccc3OC2)c1C. The van der Waals surface area contributed by atoms with Crippen LogP contribution < -0.4 is 4.74 Å². The number of hydrogen-bond acceptors (Lipinski definition) is 6. The molecule has 1 aromatic heterocycles. The first-order chi connectivity index (χ1) is 14.4. The summed E-state index contributed by atoms with van der Waals surface area (Å²) in [6.07, 6.45) is 2.65. The lowest BCUT2D eigenvalue weighted by Crippen LogP contribution is -2.20. The molecule has 2 heterocycles. The van der Waals surface area contributed by atoms with E-state index in [-0.39, 0.29) is 25.0 Å². The van der Waals surface area contributed by atoms with E-state index in [1.165, 1.54) is 7.11 Å². The van der Waals surface area contributed by atoms with Crippen molar-refractivity contribution in [2.45, 2.75) is 33.2 Å². The first kappa shape index (κ1) is 21.4. The third kappa shape index (κ3) is 4.79. The Morgan fingerprint density at radius 3 is 2.70 bits per heavy atom. The number of para-hydroxylation sites is 1. The Labute approximate surface area is 175 Å². The number of nitrogens with zero attached hydrogens (tertiary/aromatic N) is 1. The second-order valence-corrected chi connectivity index (χ2v) is 7.11. The highest BCUT2D eigenvalue weighted by molar-refractivity contribution is 6.01. The van der Waals surface area contributed by atoms with E-state index in [0.29, 0.717) is 36.3 Å². The Balaban J connectivity index is 1.60. The van der Waals surface area contributed by atoms with E-state index in [2.05, 4.69) is 4.74 Å². The number of fused-ring (bicyclic) bond motifs is 1.